The maximum Gasteiger partial charge on any atom is 0.123 e. The van der Waals surface area contributed by atoms with Crippen LogP contribution in [0.5, 0.6) is 0 Å². The summed E-state index contributed by atoms with van der Waals surface area (Å²) < 4.78 is 19.4. The van der Waals surface area contributed by atoms with Crippen molar-refractivity contribution < 1.29 is 14.2 Å². The first-order chi connectivity index (χ1) is 8.15. The molecule has 0 radical (unpaired) electrons. The molecular formula is C13H16BrFO2. The van der Waals surface area contributed by atoms with Crippen LogP contribution in [0.15, 0.2) is 22.7 Å². The van der Waals surface area contributed by atoms with E-state index in [0.29, 0.717) is 12.8 Å². The molecule has 1 aliphatic rings. The van der Waals surface area contributed by atoms with Crippen LogP contribution in [0.25, 0.3) is 0 Å². The monoisotopic (exact) mass is 302 g/mol. The Bertz CT molecular complexity index is 378. The summed E-state index contributed by atoms with van der Waals surface area (Å²) in [6.45, 7) is 0.793. The summed E-state index contributed by atoms with van der Waals surface area (Å²) in [7, 11) is 0. The third-order valence-corrected chi connectivity index (χ3v) is 3.80. The molecule has 1 aliphatic heterocycles. The molecule has 1 saturated heterocycles. The predicted molar refractivity (Wildman–Crippen MR) is 67.4 cm³/mol. The highest BCUT2D eigenvalue weighted by Crippen LogP contribution is 2.23. The van der Waals surface area contributed by atoms with Crippen molar-refractivity contribution in [3.8, 4) is 0 Å². The summed E-state index contributed by atoms with van der Waals surface area (Å²) in [6.07, 6.45) is 2.86. The van der Waals surface area contributed by atoms with Gasteiger partial charge in [0.05, 0.1) is 12.2 Å². The van der Waals surface area contributed by atoms with E-state index in [-0.39, 0.29) is 11.9 Å². The van der Waals surface area contributed by atoms with Crippen molar-refractivity contribution in [2.24, 2.45) is 0 Å². The third kappa shape index (κ3) is 3.76. The fourth-order valence-electron chi connectivity index (χ4n) is 2.17. The van der Waals surface area contributed by atoms with Crippen LogP contribution in [0.3, 0.4) is 0 Å². The lowest BCUT2D eigenvalue weighted by Gasteiger charge is -2.16. The highest BCUT2D eigenvalue weighted by Gasteiger charge is 2.20. The van der Waals surface area contributed by atoms with Crippen molar-refractivity contribution >= 4 is 15.9 Å². The molecule has 0 spiro atoms. The summed E-state index contributed by atoms with van der Waals surface area (Å²) in [6, 6.07) is 4.53. The molecule has 2 rings (SSSR count). The molecule has 94 valence electrons. The summed E-state index contributed by atoms with van der Waals surface area (Å²) in [5.74, 6) is -0.271. The van der Waals surface area contributed by atoms with Crippen molar-refractivity contribution in [2.45, 2.75) is 37.9 Å². The lowest BCUT2D eigenvalue weighted by Crippen LogP contribution is -2.19. The van der Waals surface area contributed by atoms with Gasteiger partial charge >= 0.3 is 0 Å². The van der Waals surface area contributed by atoms with Gasteiger partial charge in [0.2, 0.25) is 0 Å². The standard InChI is InChI=1S/C13H16BrFO2/c14-13-4-3-10(15)6-9(13)7-11(16)8-12-2-1-5-17-12/h3-4,6,11-12,16H,1-2,5,7-8H2. The number of ether oxygens (including phenoxy) is 1. The second-order valence-corrected chi connectivity index (χ2v) is 5.32. The average Bonchev–Trinajstić information content (AvgIpc) is 2.76. The van der Waals surface area contributed by atoms with Crippen LogP contribution >= 0.6 is 15.9 Å². The summed E-state index contributed by atoms with van der Waals surface area (Å²) in [5.41, 5.74) is 0.801. The number of aliphatic hydroxyl groups excluding tert-OH is 1. The number of halogens is 2. The van der Waals surface area contributed by atoms with Crippen LogP contribution in [-0.4, -0.2) is 23.9 Å². The fraction of sp³-hybridized carbons (Fsp3) is 0.538. The number of hydrogen-bond donors (Lipinski definition) is 1. The van der Waals surface area contributed by atoms with Gasteiger partial charge in [0.25, 0.3) is 0 Å². The van der Waals surface area contributed by atoms with Crippen molar-refractivity contribution in [1.82, 2.24) is 0 Å². The highest BCUT2D eigenvalue weighted by atomic mass is 79.9. The van der Waals surface area contributed by atoms with E-state index < -0.39 is 6.10 Å². The van der Waals surface area contributed by atoms with E-state index in [2.05, 4.69) is 15.9 Å². The largest absolute Gasteiger partial charge is 0.393 e. The number of hydrogen-bond acceptors (Lipinski definition) is 2. The van der Waals surface area contributed by atoms with Gasteiger partial charge in [0.15, 0.2) is 0 Å². The molecule has 17 heavy (non-hydrogen) atoms. The highest BCUT2D eigenvalue weighted by molar-refractivity contribution is 9.10. The molecule has 1 heterocycles. The van der Waals surface area contributed by atoms with Crippen LogP contribution in [0.1, 0.15) is 24.8 Å². The average molecular weight is 303 g/mol. The zero-order valence-electron chi connectivity index (χ0n) is 9.53. The normalized spacial score (nSPS) is 21.7. The first kappa shape index (κ1) is 13.0. The van der Waals surface area contributed by atoms with E-state index in [1.165, 1.54) is 12.1 Å². The summed E-state index contributed by atoms with van der Waals surface area (Å²) in [5, 5.41) is 9.96. The van der Waals surface area contributed by atoms with Crippen molar-refractivity contribution in [3.05, 3.63) is 34.1 Å². The molecule has 2 unspecified atom stereocenters. The zero-order chi connectivity index (χ0) is 12.3. The van der Waals surface area contributed by atoms with Crippen LogP contribution < -0.4 is 0 Å². The Morgan fingerprint density at radius 3 is 3.06 bits per heavy atom. The van der Waals surface area contributed by atoms with E-state index in [0.717, 1.165) is 29.5 Å². The molecule has 1 aromatic rings. The SMILES string of the molecule is OC(Cc1cc(F)ccc1Br)CC1CCCO1. The van der Waals surface area contributed by atoms with Crippen LogP contribution in [0.4, 0.5) is 4.39 Å². The lowest BCUT2D eigenvalue weighted by molar-refractivity contribution is 0.0540. The third-order valence-electron chi connectivity index (χ3n) is 3.02. The Labute approximate surface area is 109 Å². The fourth-order valence-corrected chi connectivity index (χ4v) is 2.58. The van der Waals surface area contributed by atoms with Gasteiger partial charge in [-0.1, -0.05) is 15.9 Å². The molecule has 1 N–H and O–H groups in total. The van der Waals surface area contributed by atoms with Gasteiger partial charge in [-0.15, -0.1) is 0 Å². The van der Waals surface area contributed by atoms with Crippen molar-refractivity contribution in [2.75, 3.05) is 6.61 Å². The van der Waals surface area contributed by atoms with Gasteiger partial charge in [0.1, 0.15) is 5.82 Å². The molecular weight excluding hydrogens is 287 g/mol. The maximum atomic E-state index is 13.1. The molecule has 0 saturated carbocycles. The van der Waals surface area contributed by atoms with Crippen molar-refractivity contribution in [3.63, 3.8) is 0 Å². The minimum absolute atomic E-state index is 0.164. The smallest absolute Gasteiger partial charge is 0.123 e. The topological polar surface area (TPSA) is 29.5 Å². The zero-order valence-corrected chi connectivity index (χ0v) is 11.1. The van der Waals surface area contributed by atoms with Crippen LogP contribution in [0.2, 0.25) is 0 Å². The number of benzene rings is 1. The quantitative estimate of drug-likeness (QED) is 0.926. The Morgan fingerprint density at radius 2 is 2.35 bits per heavy atom. The molecule has 2 atom stereocenters. The molecule has 0 amide bonds. The number of aliphatic hydroxyl groups is 1. The van der Waals surface area contributed by atoms with Crippen LogP contribution in [0, 0.1) is 5.82 Å². The minimum atomic E-state index is -0.476. The van der Waals surface area contributed by atoms with Gasteiger partial charge in [-0.05, 0) is 49.4 Å². The van der Waals surface area contributed by atoms with E-state index >= 15 is 0 Å². The molecule has 1 aromatic carbocycles. The molecule has 0 aliphatic carbocycles. The Kier molecular flexibility index (Phi) is 4.54. The van der Waals surface area contributed by atoms with E-state index in [1.807, 2.05) is 0 Å². The Hall–Kier alpha value is -0.450. The first-order valence-corrected chi connectivity index (χ1v) is 6.68. The van der Waals surface area contributed by atoms with Crippen molar-refractivity contribution in [1.29, 1.82) is 0 Å². The molecule has 1 fully saturated rings. The molecule has 0 aromatic heterocycles. The summed E-state index contributed by atoms with van der Waals surface area (Å²) >= 11 is 3.36. The van der Waals surface area contributed by atoms with Gasteiger partial charge < -0.3 is 9.84 Å². The summed E-state index contributed by atoms with van der Waals surface area (Å²) in [4.78, 5) is 0. The second-order valence-electron chi connectivity index (χ2n) is 4.46. The van der Waals surface area contributed by atoms with Gasteiger partial charge in [-0.2, -0.15) is 0 Å². The second kappa shape index (κ2) is 5.94. The Morgan fingerprint density at radius 1 is 1.53 bits per heavy atom. The van der Waals surface area contributed by atoms with E-state index in [1.54, 1.807) is 6.07 Å². The molecule has 4 heteroatoms. The van der Waals surface area contributed by atoms with Gasteiger partial charge in [-0.25, -0.2) is 4.39 Å². The molecule has 0 bridgehead atoms. The maximum absolute atomic E-state index is 13.1. The minimum Gasteiger partial charge on any atom is -0.393 e. The van der Waals surface area contributed by atoms with E-state index in [4.69, 9.17) is 4.74 Å². The molecule has 2 nitrogen and oxygen atoms in total. The number of rotatable bonds is 4. The lowest BCUT2D eigenvalue weighted by atomic mass is 10.0. The van der Waals surface area contributed by atoms with Crippen LogP contribution in [-0.2, 0) is 11.2 Å². The Balaban J connectivity index is 1.92. The van der Waals surface area contributed by atoms with E-state index in [9.17, 15) is 9.50 Å². The first-order valence-electron chi connectivity index (χ1n) is 5.89. The predicted octanol–water partition coefficient (Wildman–Crippen LogP) is 3.06. The van der Waals surface area contributed by atoms with Gasteiger partial charge in [0, 0.05) is 11.1 Å². The van der Waals surface area contributed by atoms with Gasteiger partial charge in [-0.3, -0.25) is 0 Å².